The van der Waals surface area contributed by atoms with Gasteiger partial charge in [0.2, 0.25) is 11.9 Å². The van der Waals surface area contributed by atoms with Crippen LogP contribution in [0.5, 0.6) is 0 Å². The second kappa shape index (κ2) is 8.90. The molecule has 0 atom stereocenters. The molecule has 2 heterocycles. The van der Waals surface area contributed by atoms with E-state index in [1.165, 1.54) is 0 Å². The van der Waals surface area contributed by atoms with Gasteiger partial charge < -0.3 is 19.7 Å². The number of carboxylic acid groups (broad SMARTS) is 1. The van der Waals surface area contributed by atoms with E-state index in [9.17, 15) is 14.7 Å². The number of hydrogen-bond donors (Lipinski definition) is 0. The van der Waals surface area contributed by atoms with E-state index in [4.69, 9.17) is 9.97 Å². The zero-order chi connectivity index (χ0) is 20.9. The van der Waals surface area contributed by atoms with Crippen molar-refractivity contribution in [2.24, 2.45) is 0 Å². The number of fused-ring (bicyclic) bond motifs is 1. The third kappa shape index (κ3) is 4.40. The number of anilines is 1. The molecular formula is C23H23N4O3-. The third-order valence-corrected chi connectivity index (χ3v) is 5.33. The summed E-state index contributed by atoms with van der Waals surface area (Å²) in [6, 6.07) is 18.0. The minimum atomic E-state index is -1.12. The summed E-state index contributed by atoms with van der Waals surface area (Å²) in [4.78, 5) is 36.3. The van der Waals surface area contributed by atoms with Crippen molar-refractivity contribution in [2.45, 2.75) is 19.3 Å². The normalized spacial score (nSPS) is 14.1. The van der Waals surface area contributed by atoms with E-state index >= 15 is 0 Å². The molecule has 7 nitrogen and oxygen atoms in total. The SMILES string of the molecule is O=C([O-])CCCC(=O)N1CCN(c2nc(-c3ccccc3)c3ccccc3n2)CC1. The van der Waals surface area contributed by atoms with Crippen molar-refractivity contribution in [3.8, 4) is 11.3 Å². The first-order chi connectivity index (χ1) is 14.6. The van der Waals surface area contributed by atoms with Gasteiger partial charge in [0.25, 0.3) is 0 Å². The highest BCUT2D eigenvalue weighted by molar-refractivity contribution is 5.93. The number of rotatable bonds is 6. The summed E-state index contributed by atoms with van der Waals surface area (Å²) in [6.45, 7) is 2.42. The fourth-order valence-corrected chi connectivity index (χ4v) is 3.72. The predicted molar refractivity (Wildman–Crippen MR) is 113 cm³/mol. The van der Waals surface area contributed by atoms with Crippen LogP contribution in [0.3, 0.4) is 0 Å². The lowest BCUT2D eigenvalue weighted by atomic mass is 10.1. The van der Waals surface area contributed by atoms with Crippen LogP contribution in [-0.4, -0.2) is 52.9 Å². The number of aliphatic carboxylic acids is 1. The van der Waals surface area contributed by atoms with E-state index in [0.717, 1.165) is 22.2 Å². The van der Waals surface area contributed by atoms with Gasteiger partial charge in [-0.15, -0.1) is 0 Å². The van der Waals surface area contributed by atoms with Crippen LogP contribution < -0.4 is 10.0 Å². The van der Waals surface area contributed by atoms with Gasteiger partial charge in [-0.05, 0) is 18.9 Å². The fraction of sp³-hybridized carbons (Fsp3) is 0.304. The Morgan fingerprint density at radius 2 is 1.57 bits per heavy atom. The number of piperazine rings is 1. The highest BCUT2D eigenvalue weighted by Gasteiger charge is 2.23. The van der Waals surface area contributed by atoms with Gasteiger partial charge in [0.15, 0.2) is 0 Å². The number of nitrogens with zero attached hydrogens (tertiary/aromatic N) is 4. The van der Waals surface area contributed by atoms with Crippen LogP contribution in [0.15, 0.2) is 54.6 Å². The smallest absolute Gasteiger partial charge is 0.226 e. The summed E-state index contributed by atoms with van der Waals surface area (Å²) < 4.78 is 0. The molecule has 0 aliphatic carbocycles. The Balaban J connectivity index is 1.51. The van der Waals surface area contributed by atoms with E-state index in [1.807, 2.05) is 54.6 Å². The quantitative estimate of drug-likeness (QED) is 0.624. The maximum atomic E-state index is 12.3. The molecule has 3 aromatic rings. The van der Waals surface area contributed by atoms with Gasteiger partial charge in [-0.1, -0.05) is 48.5 Å². The molecule has 30 heavy (non-hydrogen) atoms. The molecule has 0 radical (unpaired) electrons. The first kappa shape index (κ1) is 19.8. The first-order valence-electron chi connectivity index (χ1n) is 10.2. The Labute approximate surface area is 175 Å². The van der Waals surface area contributed by atoms with Crippen molar-refractivity contribution < 1.29 is 14.7 Å². The summed E-state index contributed by atoms with van der Waals surface area (Å²) in [6.07, 6.45) is 0.465. The molecule has 4 rings (SSSR count). The Morgan fingerprint density at radius 1 is 0.867 bits per heavy atom. The van der Waals surface area contributed by atoms with Gasteiger partial charge in [-0.2, -0.15) is 0 Å². The fourth-order valence-electron chi connectivity index (χ4n) is 3.72. The molecule has 1 aromatic heterocycles. The van der Waals surface area contributed by atoms with Gasteiger partial charge in [0, 0.05) is 49.5 Å². The molecule has 7 heteroatoms. The molecule has 1 amide bonds. The average Bonchev–Trinajstić information content (AvgIpc) is 2.78. The second-order valence-electron chi connectivity index (χ2n) is 7.35. The van der Waals surface area contributed by atoms with Crippen molar-refractivity contribution in [2.75, 3.05) is 31.1 Å². The Morgan fingerprint density at radius 3 is 2.30 bits per heavy atom. The standard InChI is InChI=1S/C23H24N4O3/c28-20(11-6-12-21(29)30)26-13-15-27(16-14-26)23-24-19-10-5-4-9-18(19)22(25-23)17-7-2-1-3-8-17/h1-5,7-10H,6,11-16H2,(H,29,30)/p-1. The van der Waals surface area contributed by atoms with E-state index in [-0.39, 0.29) is 18.7 Å². The van der Waals surface area contributed by atoms with E-state index in [1.54, 1.807) is 4.90 Å². The summed E-state index contributed by atoms with van der Waals surface area (Å²) >= 11 is 0. The van der Waals surface area contributed by atoms with Crippen molar-refractivity contribution in [1.82, 2.24) is 14.9 Å². The average molecular weight is 403 g/mol. The predicted octanol–water partition coefficient (Wildman–Crippen LogP) is 1.87. The van der Waals surface area contributed by atoms with Crippen molar-refractivity contribution >= 4 is 28.7 Å². The Hall–Kier alpha value is -3.48. The number of para-hydroxylation sites is 1. The van der Waals surface area contributed by atoms with Crippen LogP contribution in [0.4, 0.5) is 5.95 Å². The maximum Gasteiger partial charge on any atom is 0.226 e. The second-order valence-corrected chi connectivity index (χ2v) is 7.35. The highest BCUT2D eigenvalue weighted by Crippen LogP contribution is 2.28. The maximum absolute atomic E-state index is 12.3. The van der Waals surface area contributed by atoms with Crippen LogP contribution >= 0.6 is 0 Å². The minimum Gasteiger partial charge on any atom is -0.550 e. The largest absolute Gasteiger partial charge is 0.550 e. The lowest BCUT2D eigenvalue weighted by Crippen LogP contribution is -2.49. The van der Waals surface area contributed by atoms with Crippen molar-refractivity contribution in [3.63, 3.8) is 0 Å². The highest BCUT2D eigenvalue weighted by atomic mass is 16.4. The molecule has 1 aliphatic rings. The van der Waals surface area contributed by atoms with Crippen LogP contribution in [0, 0.1) is 0 Å². The number of carbonyl (C=O) groups excluding carboxylic acids is 2. The van der Waals surface area contributed by atoms with Gasteiger partial charge in [-0.3, -0.25) is 4.79 Å². The number of aromatic nitrogens is 2. The van der Waals surface area contributed by atoms with Crippen molar-refractivity contribution in [3.05, 3.63) is 54.6 Å². The van der Waals surface area contributed by atoms with Crippen LogP contribution in [0.25, 0.3) is 22.2 Å². The molecule has 154 valence electrons. The molecule has 0 spiro atoms. The molecule has 0 N–H and O–H groups in total. The minimum absolute atomic E-state index is 0.0136. The molecule has 1 fully saturated rings. The van der Waals surface area contributed by atoms with Gasteiger partial charge in [0.05, 0.1) is 11.2 Å². The van der Waals surface area contributed by atoms with Crippen molar-refractivity contribution in [1.29, 1.82) is 0 Å². The monoisotopic (exact) mass is 403 g/mol. The zero-order valence-electron chi connectivity index (χ0n) is 16.7. The molecule has 0 unspecified atom stereocenters. The number of amides is 1. The lowest BCUT2D eigenvalue weighted by molar-refractivity contribution is -0.305. The zero-order valence-corrected chi connectivity index (χ0v) is 16.7. The molecule has 1 aliphatic heterocycles. The summed E-state index contributed by atoms with van der Waals surface area (Å²) in [5.41, 5.74) is 2.83. The van der Waals surface area contributed by atoms with Gasteiger partial charge >= 0.3 is 0 Å². The molecule has 0 saturated carbocycles. The van der Waals surface area contributed by atoms with E-state index in [0.29, 0.717) is 38.5 Å². The number of carbonyl (C=O) groups is 2. The van der Waals surface area contributed by atoms with E-state index in [2.05, 4.69) is 4.90 Å². The van der Waals surface area contributed by atoms with E-state index < -0.39 is 5.97 Å². The number of hydrogen-bond acceptors (Lipinski definition) is 6. The molecule has 1 saturated heterocycles. The topological polar surface area (TPSA) is 89.5 Å². The Kier molecular flexibility index (Phi) is 5.88. The molecule has 2 aromatic carbocycles. The van der Waals surface area contributed by atoms with Crippen LogP contribution in [0.2, 0.25) is 0 Å². The first-order valence-corrected chi connectivity index (χ1v) is 10.2. The van der Waals surface area contributed by atoms with Crippen LogP contribution in [-0.2, 0) is 9.59 Å². The summed E-state index contributed by atoms with van der Waals surface area (Å²) in [7, 11) is 0. The molecule has 0 bridgehead atoms. The van der Waals surface area contributed by atoms with Gasteiger partial charge in [0.1, 0.15) is 0 Å². The summed E-state index contributed by atoms with van der Waals surface area (Å²) in [5, 5.41) is 11.5. The van der Waals surface area contributed by atoms with Crippen LogP contribution in [0.1, 0.15) is 19.3 Å². The number of carboxylic acids is 1. The summed E-state index contributed by atoms with van der Waals surface area (Å²) in [5.74, 6) is -0.466. The molecular weight excluding hydrogens is 380 g/mol. The van der Waals surface area contributed by atoms with Gasteiger partial charge in [-0.25, -0.2) is 9.97 Å². The third-order valence-electron chi connectivity index (χ3n) is 5.33. The number of benzene rings is 2. The lowest BCUT2D eigenvalue weighted by Gasteiger charge is -2.35. The Bertz CT molecular complexity index is 1050.